The summed E-state index contributed by atoms with van der Waals surface area (Å²) in [5, 5.41) is 22.3. The van der Waals surface area contributed by atoms with Gasteiger partial charge in [0, 0.05) is 13.1 Å². The summed E-state index contributed by atoms with van der Waals surface area (Å²) in [5.74, 6) is 0.623. The molecule has 27 heavy (non-hydrogen) atoms. The average Bonchev–Trinajstić information content (AvgIpc) is 3.40. The first-order chi connectivity index (χ1) is 11.7. The van der Waals surface area contributed by atoms with Crippen molar-refractivity contribution in [2.75, 3.05) is 4.43 Å². The highest BCUT2D eigenvalue weighted by molar-refractivity contribution is 14.1. The quantitative estimate of drug-likeness (QED) is 0.421. The van der Waals surface area contributed by atoms with E-state index in [0.29, 0.717) is 5.82 Å². The van der Waals surface area contributed by atoms with Gasteiger partial charge in [-0.15, -0.1) is 0 Å². The van der Waals surface area contributed by atoms with E-state index in [-0.39, 0.29) is 28.9 Å². The van der Waals surface area contributed by atoms with Gasteiger partial charge in [0.05, 0.1) is 0 Å². The van der Waals surface area contributed by atoms with Gasteiger partial charge in [0.15, 0.2) is 5.82 Å². The van der Waals surface area contributed by atoms with Gasteiger partial charge in [-0.05, 0) is 18.3 Å². The molecule has 0 spiro atoms. The Morgan fingerprint density at radius 3 is 1.93 bits per heavy atom. The summed E-state index contributed by atoms with van der Waals surface area (Å²) >= 11 is 2.29. The largest absolute Gasteiger partial charge is 0.388 e. The van der Waals surface area contributed by atoms with E-state index in [1.54, 1.807) is 15.7 Å². The van der Waals surface area contributed by atoms with Crippen LogP contribution in [0.2, 0.25) is 0 Å². The van der Waals surface area contributed by atoms with Crippen molar-refractivity contribution in [2.24, 2.45) is 0 Å². The molecule has 2 N–H and O–H groups in total. The molecule has 3 rings (SSSR count). The molecule has 0 radical (unpaired) electrons. The maximum Gasteiger partial charge on any atom is 0.152 e. The lowest BCUT2D eigenvalue weighted by Gasteiger charge is -1.95. The van der Waals surface area contributed by atoms with Crippen LogP contribution in [0.1, 0.15) is 48.9 Å². The second kappa shape index (κ2) is 24.1. The zero-order valence-electron chi connectivity index (χ0n) is 14.1. The SMILES string of the molecule is C.C.C.CCI.CCn1cncn1.CCn1ncnc1CO.c1nc[nH]n1. The van der Waals surface area contributed by atoms with Crippen molar-refractivity contribution in [3.05, 3.63) is 37.5 Å². The van der Waals surface area contributed by atoms with Gasteiger partial charge in [-0.3, -0.25) is 9.78 Å². The molecule has 0 saturated carbocycles. The molecule has 0 bridgehead atoms. The predicted octanol–water partition coefficient (Wildman–Crippen LogP) is 3.24. The van der Waals surface area contributed by atoms with Gasteiger partial charge in [0.2, 0.25) is 0 Å². The second-order valence-corrected chi connectivity index (χ2v) is 5.35. The van der Waals surface area contributed by atoms with E-state index in [0.717, 1.165) is 13.1 Å². The average molecular weight is 497 g/mol. The maximum absolute atomic E-state index is 8.62. The van der Waals surface area contributed by atoms with E-state index in [1.165, 1.54) is 29.7 Å². The molecule has 0 aromatic carbocycles. The lowest BCUT2D eigenvalue weighted by molar-refractivity contribution is 0.263. The van der Waals surface area contributed by atoms with Crippen molar-refractivity contribution < 1.29 is 5.11 Å². The van der Waals surface area contributed by atoms with Crippen LogP contribution in [-0.2, 0) is 19.7 Å². The van der Waals surface area contributed by atoms with Crippen LogP contribution in [0.15, 0.2) is 31.6 Å². The van der Waals surface area contributed by atoms with E-state index < -0.39 is 0 Å². The standard InChI is InChI=1S/C5H9N3O.C4H7N3.C2H5I.C2H3N3.3CH4/c1-2-8-5(3-9)6-4-7-8;1-2-7-4-5-3-6-7;1-2-3;1-3-2-5-4-1;;;/h4,9H,2-3H2,1H3;3-4H,2H2,1H3;2H2,1H3;1-2H,(H,3,4,5);3*1H4. The van der Waals surface area contributed by atoms with Crippen LogP contribution in [0.25, 0.3) is 0 Å². The molecule has 3 aromatic heterocycles. The van der Waals surface area contributed by atoms with E-state index in [4.69, 9.17) is 5.11 Å². The summed E-state index contributed by atoms with van der Waals surface area (Å²) in [5.41, 5.74) is 0. The van der Waals surface area contributed by atoms with Crippen molar-refractivity contribution in [1.82, 2.24) is 44.7 Å². The normalized spacial score (nSPS) is 7.89. The monoisotopic (exact) mass is 497 g/mol. The van der Waals surface area contributed by atoms with Crippen molar-refractivity contribution >= 4 is 22.6 Å². The number of H-pyrrole nitrogens is 1. The van der Waals surface area contributed by atoms with Crippen molar-refractivity contribution in [3.63, 3.8) is 0 Å². The van der Waals surface area contributed by atoms with Crippen LogP contribution in [0, 0.1) is 0 Å². The van der Waals surface area contributed by atoms with E-state index in [9.17, 15) is 0 Å². The van der Waals surface area contributed by atoms with Crippen molar-refractivity contribution in [3.8, 4) is 0 Å². The molecule has 0 amide bonds. The minimum atomic E-state index is -0.0339. The van der Waals surface area contributed by atoms with Crippen LogP contribution in [0.5, 0.6) is 0 Å². The molecule has 11 heteroatoms. The molecule has 0 unspecified atom stereocenters. The Morgan fingerprint density at radius 1 is 1.00 bits per heavy atom. The zero-order valence-corrected chi connectivity index (χ0v) is 16.3. The summed E-state index contributed by atoms with van der Waals surface area (Å²) in [4.78, 5) is 11.1. The number of hydrogen-bond donors (Lipinski definition) is 2. The number of aryl methyl sites for hydroxylation is 2. The molecule has 10 nitrogen and oxygen atoms in total. The summed E-state index contributed by atoms with van der Waals surface area (Å²) < 4.78 is 4.64. The topological polar surface area (TPSA) is 123 Å². The van der Waals surface area contributed by atoms with Gasteiger partial charge >= 0.3 is 0 Å². The molecule has 0 atom stereocenters. The number of aromatic amines is 1. The molecule has 0 aliphatic heterocycles. The van der Waals surface area contributed by atoms with E-state index in [2.05, 4.69) is 64.9 Å². The van der Waals surface area contributed by atoms with Crippen LogP contribution < -0.4 is 0 Å². The Morgan fingerprint density at radius 2 is 1.67 bits per heavy atom. The number of alkyl halides is 1. The first-order valence-corrected chi connectivity index (χ1v) is 8.90. The number of aliphatic hydroxyl groups excluding tert-OH is 1. The number of nitrogens with one attached hydrogen (secondary N) is 1. The summed E-state index contributed by atoms with van der Waals surface area (Å²) in [6.45, 7) is 7.72. The third-order valence-electron chi connectivity index (χ3n) is 2.26. The minimum Gasteiger partial charge on any atom is -0.388 e. The summed E-state index contributed by atoms with van der Waals surface area (Å²) in [6, 6.07) is 0. The number of hydrogen-bond acceptors (Lipinski definition) is 7. The molecule has 0 aliphatic rings. The van der Waals surface area contributed by atoms with Crippen LogP contribution in [0.3, 0.4) is 0 Å². The van der Waals surface area contributed by atoms with Gasteiger partial charge in [0.1, 0.15) is 38.2 Å². The third kappa shape index (κ3) is 17.3. The Labute approximate surface area is 177 Å². The number of rotatable bonds is 3. The number of halogens is 1. The highest BCUT2D eigenvalue weighted by Gasteiger charge is 1.97. The zero-order chi connectivity index (χ0) is 18.0. The molecular formula is C16H36IN9O. The molecule has 3 heterocycles. The lowest BCUT2D eigenvalue weighted by atomic mass is 10.6. The highest BCUT2D eigenvalue weighted by Crippen LogP contribution is 1.90. The van der Waals surface area contributed by atoms with Gasteiger partial charge in [-0.2, -0.15) is 15.3 Å². The summed E-state index contributed by atoms with van der Waals surface area (Å²) in [7, 11) is 0. The Hall–Kier alpha value is -1.89. The minimum absolute atomic E-state index is 0. The smallest absolute Gasteiger partial charge is 0.152 e. The fourth-order valence-electron chi connectivity index (χ4n) is 1.24. The van der Waals surface area contributed by atoms with E-state index in [1.807, 2.05) is 13.8 Å². The summed E-state index contributed by atoms with van der Waals surface area (Å²) in [6.07, 6.45) is 7.62. The molecule has 0 saturated heterocycles. The first kappa shape index (κ1) is 32.8. The first-order valence-electron chi connectivity index (χ1n) is 7.37. The molecule has 3 aromatic rings. The fraction of sp³-hybridized carbons (Fsp3) is 0.625. The fourth-order valence-corrected chi connectivity index (χ4v) is 1.24. The van der Waals surface area contributed by atoms with Gasteiger partial charge in [0.25, 0.3) is 0 Å². The number of aromatic nitrogens is 9. The van der Waals surface area contributed by atoms with Gasteiger partial charge < -0.3 is 5.11 Å². The van der Waals surface area contributed by atoms with Gasteiger partial charge in [-0.25, -0.2) is 19.6 Å². The molecule has 158 valence electrons. The molecular weight excluding hydrogens is 461 g/mol. The van der Waals surface area contributed by atoms with E-state index >= 15 is 0 Å². The van der Waals surface area contributed by atoms with Crippen LogP contribution in [-0.4, -0.2) is 54.2 Å². The van der Waals surface area contributed by atoms with Crippen molar-refractivity contribution in [2.45, 2.75) is 62.7 Å². The van der Waals surface area contributed by atoms with Crippen LogP contribution >= 0.6 is 22.6 Å². The predicted molar refractivity (Wildman–Crippen MR) is 118 cm³/mol. The number of nitrogens with zero attached hydrogens (tertiary/aromatic N) is 8. The van der Waals surface area contributed by atoms with Gasteiger partial charge in [-0.1, -0.05) is 51.8 Å². The third-order valence-corrected chi connectivity index (χ3v) is 2.26. The Balaban J connectivity index is -0.000000133. The lowest BCUT2D eigenvalue weighted by Crippen LogP contribution is -2.02. The van der Waals surface area contributed by atoms with Crippen molar-refractivity contribution in [1.29, 1.82) is 0 Å². The Bertz CT molecular complexity index is 535. The Kier molecular flexibility index (Phi) is 29.2. The molecule has 0 aliphatic carbocycles. The maximum atomic E-state index is 8.62. The number of aliphatic hydroxyl groups is 1. The highest BCUT2D eigenvalue weighted by atomic mass is 127. The second-order valence-electron chi connectivity index (χ2n) is 3.82. The van der Waals surface area contributed by atoms with Crippen LogP contribution in [0.4, 0.5) is 0 Å². The molecule has 0 fully saturated rings.